The van der Waals surface area contributed by atoms with E-state index >= 15 is 0 Å². The molecular weight excluding hydrogens is 518 g/mol. The van der Waals surface area contributed by atoms with E-state index in [1.165, 1.54) is 4.88 Å². The van der Waals surface area contributed by atoms with Gasteiger partial charge in [0.1, 0.15) is 22.7 Å². The predicted molar refractivity (Wildman–Crippen MR) is 141 cm³/mol. The van der Waals surface area contributed by atoms with E-state index in [-0.39, 0.29) is 0 Å². The van der Waals surface area contributed by atoms with Crippen molar-refractivity contribution >= 4 is 60.6 Å². The molecule has 0 radical (unpaired) electrons. The van der Waals surface area contributed by atoms with Gasteiger partial charge in [-0.3, -0.25) is 0 Å². The SMILES string of the molecule is CCc1sc2ncnc(Nc3cc(Cl)ccc3Oc3ccccc3)c2c1-c1ccc(Br)cc1. The van der Waals surface area contributed by atoms with E-state index in [9.17, 15) is 0 Å². The van der Waals surface area contributed by atoms with Gasteiger partial charge in [-0.05, 0) is 54.4 Å². The predicted octanol–water partition coefficient (Wildman–Crippen LogP) is 8.87. The number of fused-ring (bicyclic) bond motifs is 1. The number of halogens is 2. The van der Waals surface area contributed by atoms with Crippen LogP contribution in [0.2, 0.25) is 5.02 Å². The molecule has 0 amide bonds. The summed E-state index contributed by atoms with van der Waals surface area (Å²) >= 11 is 11.6. The van der Waals surface area contributed by atoms with Crippen molar-refractivity contribution in [3.8, 4) is 22.6 Å². The van der Waals surface area contributed by atoms with Crippen molar-refractivity contribution < 1.29 is 4.74 Å². The molecule has 4 nitrogen and oxygen atoms in total. The fourth-order valence-corrected chi connectivity index (χ4v) is 5.21. The van der Waals surface area contributed by atoms with Crippen LogP contribution in [-0.4, -0.2) is 9.97 Å². The Hall–Kier alpha value is -2.93. The lowest BCUT2D eigenvalue weighted by molar-refractivity contribution is 0.485. The highest BCUT2D eigenvalue weighted by molar-refractivity contribution is 9.10. The lowest BCUT2D eigenvalue weighted by Crippen LogP contribution is -1.98. The van der Waals surface area contributed by atoms with Gasteiger partial charge in [0.15, 0.2) is 5.75 Å². The third-order valence-corrected chi connectivity index (χ3v) is 7.19. The molecule has 164 valence electrons. The smallest absolute Gasteiger partial charge is 0.151 e. The lowest BCUT2D eigenvalue weighted by Gasteiger charge is -2.14. The van der Waals surface area contributed by atoms with E-state index < -0.39 is 0 Å². The summed E-state index contributed by atoms with van der Waals surface area (Å²) < 4.78 is 7.18. The first-order valence-corrected chi connectivity index (χ1v) is 12.4. The number of hydrogen-bond donors (Lipinski definition) is 1. The number of benzene rings is 3. The molecule has 0 aliphatic heterocycles. The zero-order chi connectivity index (χ0) is 22.8. The molecule has 0 bridgehead atoms. The Bertz CT molecular complexity index is 1420. The molecular formula is C26H19BrClN3OS. The van der Waals surface area contributed by atoms with Gasteiger partial charge in [0.2, 0.25) is 0 Å². The Labute approximate surface area is 209 Å². The highest BCUT2D eigenvalue weighted by Crippen LogP contribution is 2.43. The fraction of sp³-hybridized carbons (Fsp3) is 0.0769. The van der Waals surface area contributed by atoms with E-state index in [1.54, 1.807) is 17.7 Å². The molecule has 0 saturated carbocycles. The fourth-order valence-electron chi connectivity index (χ4n) is 3.68. The lowest BCUT2D eigenvalue weighted by atomic mass is 10.0. The molecule has 0 atom stereocenters. The Kier molecular flexibility index (Phi) is 6.31. The summed E-state index contributed by atoms with van der Waals surface area (Å²) in [5.74, 6) is 2.12. The molecule has 3 aromatic carbocycles. The largest absolute Gasteiger partial charge is 0.455 e. The molecule has 0 unspecified atom stereocenters. The summed E-state index contributed by atoms with van der Waals surface area (Å²) in [6.45, 7) is 2.16. The highest BCUT2D eigenvalue weighted by Gasteiger charge is 2.19. The van der Waals surface area contributed by atoms with Crippen molar-refractivity contribution in [1.29, 1.82) is 0 Å². The molecule has 33 heavy (non-hydrogen) atoms. The molecule has 0 fully saturated rings. The number of anilines is 2. The molecule has 0 aliphatic rings. The van der Waals surface area contributed by atoms with Gasteiger partial charge in [0, 0.05) is 19.9 Å². The molecule has 7 heteroatoms. The quantitative estimate of drug-likeness (QED) is 0.235. The summed E-state index contributed by atoms with van der Waals surface area (Å²) in [4.78, 5) is 11.4. The molecule has 5 aromatic rings. The Morgan fingerprint density at radius 2 is 1.79 bits per heavy atom. The molecule has 2 aromatic heterocycles. The second kappa shape index (κ2) is 9.51. The van der Waals surface area contributed by atoms with Crippen molar-refractivity contribution in [2.75, 3.05) is 5.32 Å². The minimum Gasteiger partial charge on any atom is -0.455 e. The minimum atomic E-state index is 0.607. The molecule has 1 N–H and O–H groups in total. The van der Waals surface area contributed by atoms with Crippen LogP contribution in [0.3, 0.4) is 0 Å². The summed E-state index contributed by atoms with van der Waals surface area (Å²) in [5.41, 5.74) is 3.02. The van der Waals surface area contributed by atoms with E-state index in [0.717, 1.165) is 43.7 Å². The average Bonchev–Trinajstić information content (AvgIpc) is 3.22. The molecule has 5 rings (SSSR count). The van der Waals surface area contributed by atoms with Crippen molar-refractivity contribution in [2.24, 2.45) is 0 Å². The zero-order valence-corrected chi connectivity index (χ0v) is 20.8. The van der Waals surface area contributed by atoms with Gasteiger partial charge in [-0.15, -0.1) is 11.3 Å². The maximum absolute atomic E-state index is 6.34. The third kappa shape index (κ3) is 4.60. The molecule has 0 saturated heterocycles. The van der Waals surface area contributed by atoms with Gasteiger partial charge < -0.3 is 10.1 Å². The molecule has 0 spiro atoms. The Morgan fingerprint density at radius 3 is 2.55 bits per heavy atom. The van der Waals surface area contributed by atoms with Gasteiger partial charge in [0.25, 0.3) is 0 Å². The topological polar surface area (TPSA) is 47.0 Å². The Morgan fingerprint density at radius 1 is 1.00 bits per heavy atom. The van der Waals surface area contributed by atoms with Crippen LogP contribution in [0.4, 0.5) is 11.5 Å². The van der Waals surface area contributed by atoms with Crippen LogP contribution in [0, 0.1) is 0 Å². The zero-order valence-electron chi connectivity index (χ0n) is 17.7. The number of aryl methyl sites for hydroxylation is 1. The highest BCUT2D eigenvalue weighted by atomic mass is 79.9. The summed E-state index contributed by atoms with van der Waals surface area (Å²) in [5, 5.41) is 5.07. The molecule has 0 aliphatic carbocycles. The van der Waals surface area contributed by atoms with Crippen LogP contribution >= 0.6 is 38.9 Å². The minimum absolute atomic E-state index is 0.607. The normalized spacial score (nSPS) is 11.0. The van der Waals surface area contributed by atoms with E-state index in [4.69, 9.17) is 16.3 Å². The van der Waals surface area contributed by atoms with Crippen LogP contribution in [0.15, 0.2) is 83.6 Å². The Balaban J connectivity index is 1.63. The number of rotatable bonds is 6. The first-order valence-electron chi connectivity index (χ1n) is 10.4. The number of thiophene rings is 1. The van der Waals surface area contributed by atoms with Crippen molar-refractivity contribution in [1.82, 2.24) is 9.97 Å². The number of nitrogens with zero attached hydrogens (tertiary/aromatic N) is 2. The average molecular weight is 537 g/mol. The van der Waals surface area contributed by atoms with Gasteiger partial charge in [-0.1, -0.05) is 64.8 Å². The van der Waals surface area contributed by atoms with Crippen LogP contribution < -0.4 is 10.1 Å². The van der Waals surface area contributed by atoms with Crippen LogP contribution in [-0.2, 0) is 6.42 Å². The van der Waals surface area contributed by atoms with Gasteiger partial charge in [0.05, 0.1) is 11.1 Å². The van der Waals surface area contributed by atoms with Crippen LogP contribution in [0.1, 0.15) is 11.8 Å². The van der Waals surface area contributed by atoms with Crippen LogP contribution in [0.5, 0.6) is 11.5 Å². The maximum atomic E-state index is 6.34. The number of para-hydroxylation sites is 1. The number of aromatic nitrogens is 2. The van der Waals surface area contributed by atoms with Crippen molar-refractivity contribution in [3.05, 3.63) is 93.5 Å². The van der Waals surface area contributed by atoms with Gasteiger partial charge in [-0.2, -0.15) is 0 Å². The first kappa shape index (κ1) is 21.9. The summed E-state index contributed by atoms with van der Waals surface area (Å²) in [7, 11) is 0. The second-order valence-electron chi connectivity index (χ2n) is 7.34. The van der Waals surface area contributed by atoms with Crippen molar-refractivity contribution in [2.45, 2.75) is 13.3 Å². The maximum Gasteiger partial charge on any atom is 0.151 e. The van der Waals surface area contributed by atoms with Gasteiger partial charge >= 0.3 is 0 Å². The second-order valence-corrected chi connectivity index (χ2v) is 9.78. The van der Waals surface area contributed by atoms with Crippen molar-refractivity contribution in [3.63, 3.8) is 0 Å². The first-order chi connectivity index (χ1) is 16.1. The van der Waals surface area contributed by atoms with Crippen LogP contribution in [0.25, 0.3) is 21.3 Å². The third-order valence-electron chi connectivity index (χ3n) is 5.18. The van der Waals surface area contributed by atoms with E-state index in [2.05, 4.69) is 62.4 Å². The number of hydrogen-bond acceptors (Lipinski definition) is 5. The van der Waals surface area contributed by atoms with E-state index in [1.807, 2.05) is 48.5 Å². The standard InChI is InChI=1S/C26H19BrClN3OS/c1-2-22-23(16-8-10-17(27)11-9-16)24-25(29-15-30-26(24)33-22)31-20-14-18(28)12-13-21(20)32-19-6-4-3-5-7-19/h3-15H,2H2,1H3,(H,29,30,31). The van der Waals surface area contributed by atoms with E-state index in [0.29, 0.717) is 16.6 Å². The number of nitrogens with one attached hydrogen (secondary N) is 1. The molecule has 2 heterocycles. The summed E-state index contributed by atoms with van der Waals surface area (Å²) in [6, 6.07) is 23.5. The monoisotopic (exact) mass is 535 g/mol. The summed E-state index contributed by atoms with van der Waals surface area (Å²) in [6.07, 6.45) is 2.50. The van der Waals surface area contributed by atoms with Gasteiger partial charge in [-0.25, -0.2) is 9.97 Å². The number of ether oxygens (including phenoxy) is 1.